The van der Waals surface area contributed by atoms with Gasteiger partial charge in [0.25, 0.3) is 5.91 Å². The molecule has 6 heteroatoms. The van der Waals surface area contributed by atoms with E-state index in [9.17, 15) is 14.4 Å². The third-order valence-electron chi connectivity index (χ3n) is 6.44. The molecule has 0 radical (unpaired) electrons. The van der Waals surface area contributed by atoms with Crippen LogP contribution in [0.2, 0.25) is 0 Å². The van der Waals surface area contributed by atoms with E-state index in [-0.39, 0.29) is 34.3 Å². The molecule has 1 atom stereocenters. The summed E-state index contributed by atoms with van der Waals surface area (Å²) in [7, 11) is 0. The van der Waals surface area contributed by atoms with E-state index in [4.69, 9.17) is 4.42 Å². The molecule has 1 saturated carbocycles. The predicted octanol–water partition coefficient (Wildman–Crippen LogP) is 3.67. The quantitative estimate of drug-likeness (QED) is 0.725. The summed E-state index contributed by atoms with van der Waals surface area (Å²) in [4.78, 5) is 39.5. The molecule has 2 fully saturated rings. The number of para-hydroxylation sites is 2. The average Bonchev–Trinajstić information content (AvgIpc) is 3.48. The summed E-state index contributed by atoms with van der Waals surface area (Å²) in [6.07, 6.45) is 2.42. The van der Waals surface area contributed by atoms with Crippen LogP contribution >= 0.6 is 0 Å². The molecule has 152 valence electrons. The van der Waals surface area contributed by atoms with E-state index < -0.39 is 0 Å². The van der Waals surface area contributed by atoms with Gasteiger partial charge in [-0.2, -0.15) is 0 Å². The number of hydrogen-bond acceptors (Lipinski definition) is 4. The minimum Gasteiger partial charge on any atom is -0.451 e. The van der Waals surface area contributed by atoms with Crippen molar-refractivity contribution in [3.8, 4) is 0 Å². The van der Waals surface area contributed by atoms with Gasteiger partial charge in [0, 0.05) is 30.8 Å². The Hall–Kier alpha value is -3.41. The number of amides is 2. The maximum Gasteiger partial charge on any atom is 0.289 e. The molecule has 6 nitrogen and oxygen atoms in total. The second kappa shape index (κ2) is 7.13. The zero-order valence-corrected chi connectivity index (χ0v) is 16.5. The number of nitrogens with zero attached hydrogens (tertiary/aromatic N) is 1. The van der Waals surface area contributed by atoms with Crippen molar-refractivity contribution in [2.24, 2.45) is 11.3 Å². The third kappa shape index (κ3) is 3.28. The van der Waals surface area contributed by atoms with E-state index in [1.807, 2.05) is 30.3 Å². The normalized spacial score (nSPS) is 19.6. The minimum atomic E-state index is -0.265. The summed E-state index contributed by atoms with van der Waals surface area (Å²) in [6, 6.07) is 17.7. The summed E-state index contributed by atoms with van der Waals surface area (Å²) < 4.78 is 5.70. The van der Waals surface area contributed by atoms with Crippen LogP contribution in [0.1, 0.15) is 29.8 Å². The highest BCUT2D eigenvalue weighted by Gasteiger charge is 2.58. The van der Waals surface area contributed by atoms with Gasteiger partial charge >= 0.3 is 0 Å². The Morgan fingerprint density at radius 3 is 2.47 bits per heavy atom. The molecule has 2 amide bonds. The summed E-state index contributed by atoms with van der Waals surface area (Å²) in [5, 5.41) is 3.46. The van der Waals surface area contributed by atoms with Crippen molar-refractivity contribution in [2.75, 3.05) is 18.4 Å². The second-order valence-corrected chi connectivity index (χ2v) is 8.24. The Balaban J connectivity index is 1.24. The minimum absolute atomic E-state index is 0.00596. The number of fused-ring (bicyclic) bond motifs is 1. The van der Waals surface area contributed by atoms with E-state index in [0.29, 0.717) is 24.1 Å². The van der Waals surface area contributed by atoms with E-state index in [2.05, 4.69) is 5.32 Å². The van der Waals surface area contributed by atoms with Gasteiger partial charge in [0.05, 0.1) is 5.39 Å². The van der Waals surface area contributed by atoms with Crippen molar-refractivity contribution in [1.82, 2.24) is 4.90 Å². The van der Waals surface area contributed by atoms with Crippen LogP contribution in [-0.2, 0) is 4.79 Å². The molecule has 1 spiro atoms. The Bertz CT molecular complexity index is 1180. The van der Waals surface area contributed by atoms with E-state index in [1.54, 1.807) is 29.2 Å². The molecule has 30 heavy (non-hydrogen) atoms. The van der Waals surface area contributed by atoms with Gasteiger partial charge in [-0.1, -0.05) is 30.3 Å². The van der Waals surface area contributed by atoms with Crippen molar-refractivity contribution in [3.05, 3.63) is 76.6 Å². The van der Waals surface area contributed by atoms with Gasteiger partial charge in [0.15, 0.2) is 11.2 Å². The van der Waals surface area contributed by atoms with Crippen LogP contribution in [0.3, 0.4) is 0 Å². The van der Waals surface area contributed by atoms with Gasteiger partial charge in [-0.25, -0.2) is 0 Å². The first-order valence-electron chi connectivity index (χ1n) is 10.2. The van der Waals surface area contributed by atoms with Crippen LogP contribution in [0.4, 0.5) is 5.69 Å². The maximum absolute atomic E-state index is 12.9. The Morgan fingerprint density at radius 2 is 1.70 bits per heavy atom. The fourth-order valence-electron chi connectivity index (χ4n) is 4.54. The third-order valence-corrected chi connectivity index (χ3v) is 6.44. The molecule has 1 N–H and O–H groups in total. The molecule has 2 heterocycles. The van der Waals surface area contributed by atoms with Crippen molar-refractivity contribution in [2.45, 2.75) is 19.3 Å². The lowest BCUT2D eigenvalue weighted by Crippen LogP contribution is -2.40. The molecule has 1 saturated heterocycles. The van der Waals surface area contributed by atoms with Crippen LogP contribution in [0.25, 0.3) is 11.0 Å². The number of rotatable bonds is 3. The van der Waals surface area contributed by atoms with Crippen LogP contribution in [-0.4, -0.2) is 29.8 Å². The van der Waals surface area contributed by atoms with Gasteiger partial charge in [0.1, 0.15) is 5.58 Å². The van der Waals surface area contributed by atoms with Crippen molar-refractivity contribution >= 4 is 28.5 Å². The number of nitrogens with one attached hydrogen (secondary N) is 1. The molecular formula is C24H22N2O4. The first kappa shape index (κ1) is 18.6. The Kier molecular flexibility index (Phi) is 4.42. The van der Waals surface area contributed by atoms with Crippen LogP contribution in [0.15, 0.2) is 69.9 Å². The van der Waals surface area contributed by atoms with Gasteiger partial charge < -0.3 is 14.6 Å². The lowest BCUT2D eigenvalue weighted by Gasteiger charge is -2.32. The van der Waals surface area contributed by atoms with Crippen molar-refractivity contribution in [3.63, 3.8) is 0 Å². The van der Waals surface area contributed by atoms with E-state index >= 15 is 0 Å². The zero-order valence-electron chi connectivity index (χ0n) is 16.5. The van der Waals surface area contributed by atoms with Crippen LogP contribution in [0.5, 0.6) is 0 Å². The second-order valence-electron chi connectivity index (χ2n) is 8.24. The lowest BCUT2D eigenvalue weighted by atomic mass is 9.90. The van der Waals surface area contributed by atoms with Gasteiger partial charge in [0.2, 0.25) is 5.91 Å². The number of hydrogen-bond donors (Lipinski definition) is 1. The highest BCUT2D eigenvalue weighted by molar-refractivity contribution is 5.95. The molecule has 1 aliphatic heterocycles. The number of carbonyl (C=O) groups is 2. The molecule has 0 bridgehead atoms. The predicted molar refractivity (Wildman–Crippen MR) is 113 cm³/mol. The summed E-state index contributed by atoms with van der Waals surface area (Å²) in [6.45, 7) is 1.12. The van der Waals surface area contributed by atoms with E-state index in [0.717, 1.165) is 24.9 Å². The lowest BCUT2D eigenvalue weighted by molar-refractivity contribution is -0.118. The number of piperidine rings is 1. The number of carbonyl (C=O) groups excluding carboxylic acids is 2. The Labute approximate surface area is 173 Å². The number of likely N-dealkylation sites (tertiary alicyclic amines) is 1. The molecular weight excluding hydrogens is 380 g/mol. The first-order valence-corrected chi connectivity index (χ1v) is 10.2. The highest BCUT2D eigenvalue weighted by atomic mass is 16.3. The maximum atomic E-state index is 12.9. The number of anilines is 1. The summed E-state index contributed by atoms with van der Waals surface area (Å²) >= 11 is 0. The van der Waals surface area contributed by atoms with E-state index in [1.165, 1.54) is 6.07 Å². The largest absolute Gasteiger partial charge is 0.451 e. The van der Waals surface area contributed by atoms with Crippen molar-refractivity contribution in [1.29, 1.82) is 0 Å². The van der Waals surface area contributed by atoms with Crippen molar-refractivity contribution < 1.29 is 14.0 Å². The van der Waals surface area contributed by atoms with Crippen LogP contribution in [0, 0.1) is 11.3 Å². The summed E-state index contributed by atoms with van der Waals surface area (Å²) in [5.74, 6) is -0.141. The molecule has 1 aliphatic carbocycles. The van der Waals surface area contributed by atoms with Gasteiger partial charge in [-0.05, 0) is 48.9 Å². The topological polar surface area (TPSA) is 79.6 Å². The zero-order chi connectivity index (χ0) is 20.7. The molecule has 2 aromatic carbocycles. The standard InChI is InChI=1S/C24H22N2O4/c27-19-14-21(30-20-9-5-4-8-17(19)20)23(29)26-12-10-24(11-13-26)15-18(24)22(28)25-16-6-2-1-3-7-16/h1-9,14,18H,10-13,15H2,(H,25,28). The van der Waals surface area contributed by atoms with Crippen LogP contribution < -0.4 is 10.7 Å². The molecule has 3 aromatic rings. The smallest absolute Gasteiger partial charge is 0.289 e. The molecule has 5 rings (SSSR count). The average molecular weight is 402 g/mol. The highest BCUT2D eigenvalue weighted by Crippen LogP contribution is 2.59. The Morgan fingerprint density at radius 1 is 1.00 bits per heavy atom. The van der Waals surface area contributed by atoms with Gasteiger partial charge in [-0.3, -0.25) is 14.4 Å². The molecule has 1 unspecified atom stereocenters. The SMILES string of the molecule is O=C(Nc1ccccc1)C1CC12CCN(C(=O)c1cc(=O)c3ccccc3o1)CC2. The van der Waals surface area contributed by atoms with Gasteiger partial charge in [-0.15, -0.1) is 0 Å². The molecule has 2 aliphatic rings. The fraction of sp³-hybridized carbons (Fsp3) is 0.292. The number of benzene rings is 2. The fourth-order valence-corrected chi connectivity index (χ4v) is 4.54. The first-order chi connectivity index (χ1) is 14.6. The molecule has 1 aromatic heterocycles. The summed E-state index contributed by atoms with van der Waals surface area (Å²) in [5.41, 5.74) is 0.999. The monoisotopic (exact) mass is 402 g/mol.